The van der Waals surface area contributed by atoms with Crippen LogP contribution in [0.25, 0.3) is 5.57 Å². The van der Waals surface area contributed by atoms with Gasteiger partial charge in [-0.05, 0) is 69.1 Å². The standard InChI is InChI=1S/C19H20IN3O/c1-23(2)18-6-3-13(7-19(18)24)9-21-11-15-12-22-10-14-4-5-16(20)8-17(14)15/h3-8,10-11,21,24H,9,12H2,1-2H3/b15-11+. The molecule has 3 rings (SSSR count). The fraction of sp³-hybridized carbons (Fsp3) is 0.211. The van der Waals surface area contributed by atoms with Crippen molar-refractivity contribution in [3.8, 4) is 5.75 Å². The highest BCUT2D eigenvalue weighted by atomic mass is 127. The van der Waals surface area contributed by atoms with Crippen LogP contribution in [0.5, 0.6) is 5.75 Å². The minimum atomic E-state index is 0.300. The van der Waals surface area contributed by atoms with E-state index in [1.165, 1.54) is 14.7 Å². The molecule has 2 aromatic rings. The van der Waals surface area contributed by atoms with Crippen LogP contribution in [-0.2, 0) is 6.54 Å². The highest BCUT2D eigenvalue weighted by Crippen LogP contribution is 2.27. The minimum absolute atomic E-state index is 0.300. The van der Waals surface area contributed by atoms with Gasteiger partial charge in [-0.25, -0.2) is 0 Å². The van der Waals surface area contributed by atoms with E-state index in [1.54, 1.807) is 6.07 Å². The van der Waals surface area contributed by atoms with E-state index in [1.807, 2.05) is 43.5 Å². The van der Waals surface area contributed by atoms with Crippen molar-refractivity contribution >= 4 is 40.1 Å². The van der Waals surface area contributed by atoms with Gasteiger partial charge in [0.05, 0.1) is 12.2 Å². The number of fused-ring (bicyclic) bond motifs is 1. The molecule has 0 aromatic heterocycles. The van der Waals surface area contributed by atoms with Gasteiger partial charge in [-0.1, -0.05) is 12.1 Å². The number of hydrogen-bond acceptors (Lipinski definition) is 4. The van der Waals surface area contributed by atoms with Crippen LogP contribution in [0.3, 0.4) is 0 Å². The summed E-state index contributed by atoms with van der Waals surface area (Å²) in [5.74, 6) is 0.300. The second-order valence-corrected chi connectivity index (χ2v) is 7.21. The van der Waals surface area contributed by atoms with Crippen molar-refractivity contribution in [1.82, 2.24) is 5.32 Å². The van der Waals surface area contributed by atoms with Gasteiger partial charge in [0.15, 0.2) is 0 Å². The second kappa shape index (κ2) is 7.25. The maximum Gasteiger partial charge on any atom is 0.139 e. The van der Waals surface area contributed by atoms with Gasteiger partial charge >= 0.3 is 0 Å². The minimum Gasteiger partial charge on any atom is -0.506 e. The first-order valence-corrected chi connectivity index (χ1v) is 8.84. The smallest absolute Gasteiger partial charge is 0.139 e. The number of phenolic OH excluding ortho intramolecular Hbond substituents is 1. The molecular formula is C19H20IN3O. The number of benzene rings is 2. The summed E-state index contributed by atoms with van der Waals surface area (Å²) in [5.41, 5.74) is 5.43. The van der Waals surface area contributed by atoms with E-state index in [0.717, 1.165) is 16.8 Å². The number of rotatable bonds is 4. The quantitative estimate of drug-likeness (QED) is 0.725. The van der Waals surface area contributed by atoms with Crippen LogP contribution in [0, 0.1) is 3.57 Å². The Bertz CT molecular complexity index is 812. The fourth-order valence-electron chi connectivity index (χ4n) is 2.72. The third-order valence-corrected chi connectivity index (χ3v) is 4.63. The molecule has 0 amide bonds. The molecule has 0 bridgehead atoms. The lowest BCUT2D eigenvalue weighted by Gasteiger charge is -2.16. The molecule has 124 valence electrons. The van der Waals surface area contributed by atoms with Crippen molar-refractivity contribution < 1.29 is 5.11 Å². The number of anilines is 1. The van der Waals surface area contributed by atoms with Crippen molar-refractivity contribution in [2.24, 2.45) is 4.99 Å². The van der Waals surface area contributed by atoms with Gasteiger partial charge in [0.2, 0.25) is 0 Å². The van der Waals surface area contributed by atoms with E-state index >= 15 is 0 Å². The molecule has 2 aromatic carbocycles. The van der Waals surface area contributed by atoms with Crippen LogP contribution in [0.4, 0.5) is 5.69 Å². The molecule has 1 aliphatic rings. The van der Waals surface area contributed by atoms with Crippen LogP contribution in [0.15, 0.2) is 47.6 Å². The molecule has 0 unspecified atom stereocenters. The van der Waals surface area contributed by atoms with Gasteiger partial charge in [0, 0.05) is 36.6 Å². The lowest BCUT2D eigenvalue weighted by molar-refractivity contribution is 0.474. The zero-order valence-electron chi connectivity index (χ0n) is 13.8. The summed E-state index contributed by atoms with van der Waals surface area (Å²) >= 11 is 2.33. The number of aromatic hydroxyl groups is 1. The van der Waals surface area contributed by atoms with E-state index in [0.29, 0.717) is 18.8 Å². The van der Waals surface area contributed by atoms with Crippen molar-refractivity contribution in [3.05, 3.63) is 62.9 Å². The van der Waals surface area contributed by atoms with Gasteiger partial charge in [0.1, 0.15) is 5.75 Å². The molecule has 1 aliphatic heterocycles. The summed E-state index contributed by atoms with van der Waals surface area (Å²) in [5, 5.41) is 13.4. The van der Waals surface area contributed by atoms with Gasteiger partial charge in [-0.3, -0.25) is 4.99 Å². The largest absolute Gasteiger partial charge is 0.506 e. The van der Waals surface area contributed by atoms with E-state index in [-0.39, 0.29) is 0 Å². The lowest BCUT2D eigenvalue weighted by atomic mass is 9.99. The summed E-state index contributed by atoms with van der Waals surface area (Å²) in [6, 6.07) is 12.1. The van der Waals surface area contributed by atoms with E-state index < -0.39 is 0 Å². The van der Waals surface area contributed by atoms with Gasteiger partial charge < -0.3 is 15.3 Å². The zero-order valence-corrected chi connectivity index (χ0v) is 15.9. The van der Waals surface area contributed by atoms with Crippen LogP contribution in [0.2, 0.25) is 0 Å². The lowest BCUT2D eigenvalue weighted by Crippen LogP contribution is -2.11. The molecular weight excluding hydrogens is 413 g/mol. The monoisotopic (exact) mass is 433 g/mol. The van der Waals surface area contributed by atoms with Crippen LogP contribution >= 0.6 is 22.6 Å². The Morgan fingerprint density at radius 1 is 1.25 bits per heavy atom. The number of hydrogen-bond donors (Lipinski definition) is 2. The first-order chi connectivity index (χ1) is 11.5. The molecule has 1 heterocycles. The molecule has 5 heteroatoms. The predicted molar refractivity (Wildman–Crippen MR) is 109 cm³/mol. The molecule has 0 aliphatic carbocycles. The second-order valence-electron chi connectivity index (χ2n) is 5.97. The average molecular weight is 433 g/mol. The average Bonchev–Trinajstić information content (AvgIpc) is 2.55. The van der Waals surface area contributed by atoms with Crippen molar-refractivity contribution in [3.63, 3.8) is 0 Å². The Kier molecular flexibility index (Phi) is 5.08. The molecule has 0 atom stereocenters. The maximum atomic E-state index is 10.1. The number of halogens is 1. The molecule has 24 heavy (non-hydrogen) atoms. The number of nitrogens with one attached hydrogen (secondary N) is 1. The normalized spacial score (nSPS) is 14.5. The predicted octanol–water partition coefficient (Wildman–Crippen LogP) is 3.63. The van der Waals surface area contributed by atoms with Gasteiger partial charge in [0.25, 0.3) is 0 Å². The molecule has 0 saturated heterocycles. The summed E-state index contributed by atoms with van der Waals surface area (Å²) in [7, 11) is 3.83. The Hall–Kier alpha value is -2.02. The Morgan fingerprint density at radius 3 is 2.83 bits per heavy atom. The number of phenols is 1. The summed E-state index contributed by atoms with van der Waals surface area (Å²) < 4.78 is 1.22. The zero-order chi connectivity index (χ0) is 17.1. The summed E-state index contributed by atoms with van der Waals surface area (Å²) in [4.78, 5) is 6.31. The van der Waals surface area contributed by atoms with Crippen molar-refractivity contribution in [2.75, 3.05) is 25.5 Å². The van der Waals surface area contributed by atoms with Crippen LogP contribution < -0.4 is 10.2 Å². The summed E-state index contributed by atoms with van der Waals surface area (Å²) in [6.45, 7) is 1.35. The van der Waals surface area contributed by atoms with E-state index in [2.05, 4.69) is 51.1 Å². The fourth-order valence-corrected chi connectivity index (χ4v) is 3.21. The third kappa shape index (κ3) is 3.72. The van der Waals surface area contributed by atoms with Crippen LogP contribution in [0.1, 0.15) is 16.7 Å². The Balaban J connectivity index is 1.73. The molecule has 4 nitrogen and oxygen atoms in total. The highest BCUT2D eigenvalue weighted by Gasteiger charge is 2.11. The molecule has 0 spiro atoms. The first kappa shape index (κ1) is 16.8. The number of aliphatic imine (C=N–C) groups is 1. The highest BCUT2D eigenvalue weighted by molar-refractivity contribution is 14.1. The topological polar surface area (TPSA) is 47.9 Å². The van der Waals surface area contributed by atoms with Crippen LogP contribution in [-0.4, -0.2) is 32.0 Å². The Morgan fingerprint density at radius 2 is 2.08 bits per heavy atom. The van der Waals surface area contributed by atoms with Gasteiger partial charge in [-0.2, -0.15) is 0 Å². The van der Waals surface area contributed by atoms with Crippen molar-refractivity contribution in [2.45, 2.75) is 6.54 Å². The molecule has 0 radical (unpaired) electrons. The summed E-state index contributed by atoms with van der Waals surface area (Å²) in [6.07, 6.45) is 3.96. The number of nitrogens with zero attached hydrogens (tertiary/aromatic N) is 2. The van der Waals surface area contributed by atoms with Crippen molar-refractivity contribution in [1.29, 1.82) is 0 Å². The Labute approximate surface area is 156 Å². The SMILES string of the molecule is CN(C)c1ccc(CN/C=C2\CN=Cc3ccc(I)cc32)cc1O. The first-order valence-electron chi connectivity index (χ1n) is 7.76. The molecule has 0 fully saturated rings. The van der Waals surface area contributed by atoms with E-state index in [4.69, 9.17) is 0 Å². The van der Waals surface area contributed by atoms with Gasteiger partial charge in [-0.15, -0.1) is 0 Å². The van der Waals surface area contributed by atoms with E-state index in [9.17, 15) is 5.11 Å². The molecule has 2 N–H and O–H groups in total. The maximum absolute atomic E-state index is 10.1. The third-order valence-electron chi connectivity index (χ3n) is 3.96. The molecule has 0 saturated carbocycles.